The maximum Gasteiger partial charge on any atom is 0.573 e. The van der Waals surface area contributed by atoms with Crippen LogP contribution in [0, 0.1) is 11.3 Å². The van der Waals surface area contributed by atoms with Crippen molar-refractivity contribution in [1.82, 2.24) is 0 Å². The summed E-state index contributed by atoms with van der Waals surface area (Å²) in [4.78, 5) is 11.5. The molecule has 0 unspecified atom stereocenters. The number of rotatable bonds is 3. The minimum Gasteiger partial charge on any atom is -0.462 e. The largest absolute Gasteiger partial charge is 0.573 e. The van der Waals surface area contributed by atoms with Crippen LogP contribution in [0.4, 0.5) is 13.2 Å². The van der Waals surface area contributed by atoms with Crippen LogP contribution in [0.1, 0.15) is 22.8 Å². The molecule has 0 saturated heterocycles. The zero-order valence-electron chi connectivity index (χ0n) is 9.55. The van der Waals surface area contributed by atoms with E-state index in [1.165, 1.54) is 0 Å². The lowest BCUT2D eigenvalue weighted by Crippen LogP contribution is -2.18. The Kier molecular flexibility index (Phi) is 4.78. The number of nitrogens with zero attached hydrogens (tertiary/aromatic N) is 1. The molecule has 0 aromatic heterocycles. The number of alkyl halides is 3. The van der Waals surface area contributed by atoms with Crippen molar-refractivity contribution in [3.8, 4) is 11.8 Å². The number of benzene rings is 1. The predicted octanol–water partition coefficient (Wildman–Crippen LogP) is 3.40. The van der Waals surface area contributed by atoms with Crippen molar-refractivity contribution < 1.29 is 27.4 Å². The number of hydrogen-bond acceptors (Lipinski definition) is 4. The number of carbonyl (C=O) groups is 1. The van der Waals surface area contributed by atoms with Crippen LogP contribution in [0.3, 0.4) is 0 Å². The molecule has 19 heavy (non-hydrogen) atoms. The summed E-state index contributed by atoms with van der Waals surface area (Å²) in [5.74, 6) is -1.39. The highest BCUT2D eigenvalue weighted by Gasteiger charge is 2.33. The van der Waals surface area contributed by atoms with Gasteiger partial charge in [-0.3, -0.25) is 0 Å². The smallest absolute Gasteiger partial charge is 0.462 e. The maximum atomic E-state index is 12.1. The van der Waals surface area contributed by atoms with Crippen molar-refractivity contribution in [2.45, 2.75) is 13.3 Å². The molecule has 0 bridgehead atoms. The molecule has 0 aliphatic heterocycles. The standard InChI is InChI=1S/C11H7BrF3NO3/c1-2-18-10(17)6-3-4-8(19-11(13,14)15)9(12)7(6)5-16/h3-4H,2H2,1H3. The zero-order chi connectivity index (χ0) is 14.6. The summed E-state index contributed by atoms with van der Waals surface area (Å²) >= 11 is 2.81. The SMILES string of the molecule is CCOC(=O)c1ccc(OC(F)(F)F)c(Br)c1C#N. The lowest BCUT2D eigenvalue weighted by Gasteiger charge is -2.12. The molecule has 0 fully saturated rings. The Balaban J connectivity index is 3.24. The van der Waals surface area contributed by atoms with Gasteiger partial charge in [-0.15, -0.1) is 13.2 Å². The second kappa shape index (κ2) is 5.93. The molecule has 4 nitrogen and oxygen atoms in total. The topological polar surface area (TPSA) is 59.3 Å². The van der Waals surface area contributed by atoms with Crippen molar-refractivity contribution in [2.75, 3.05) is 6.61 Å². The van der Waals surface area contributed by atoms with E-state index in [0.717, 1.165) is 12.1 Å². The molecule has 8 heteroatoms. The van der Waals surface area contributed by atoms with Crippen molar-refractivity contribution in [3.05, 3.63) is 27.7 Å². The van der Waals surface area contributed by atoms with Gasteiger partial charge in [-0.05, 0) is 35.0 Å². The Morgan fingerprint density at radius 2 is 2.11 bits per heavy atom. The van der Waals surface area contributed by atoms with E-state index in [2.05, 4.69) is 20.7 Å². The highest BCUT2D eigenvalue weighted by atomic mass is 79.9. The molecule has 1 aromatic rings. The molecule has 0 spiro atoms. The average molecular weight is 338 g/mol. The van der Waals surface area contributed by atoms with Gasteiger partial charge in [0.05, 0.1) is 22.2 Å². The van der Waals surface area contributed by atoms with Gasteiger partial charge in [0.1, 0.15) is 11.8 Å². The third kappa shape index (κ3) is 3.86. The third-order valence-corrected chi connectivity index (χ3v) is 2.73. The Bertz CT molecular complexity index is 537. The summed E-state index contributed by atoms with van der Waals surface area (Å²) in [6.45, 7) is 1.66. The van der Waals surface area contributed by atoms with Crippen molar-refractivity contribution in [1.29, 1.82) is 5.26 Å². The monoisotopic (exact) mass is 337 g/mol. The Labute approximate surface area is 114 Å². The number of ether oxygens (including phenoxy) is 2. The van der Waals surface area contributed by atoms with Crippen LogP contribution in [-0.4, -0.2) is 18.9 Å². The lowest BCUT2D eigenvalue weighted by molar-refractivity contribution is -0.274. The first-order chi connectivity index (χ1) is 8.80. The molecule has 0 heterocycles. The van der Waals surface area contributed by atoms with Crippen LogP contribution in [0.5, 0.6) is 5.75 Å². The van der Waals surface area contributed by atoms with Crippen LogP contribution in [-0.2, 0) is 4.74 Å². The number of esters is 1. The van der Waals surface area contributed by atoms with Crippen molar-refractivity contribution in [2.24, 2.45) is 0 Å². The van der Waals surface area contributed by atoms with E-state index in [1.54, 1.807) is 13.0 Å². The summed E-state index contributed by atoms with van der Waals surface area (Å²) < 4.78 is 44.5. The molecule has 102 valence electrons. The third-order valence-electron chi connectivity index (χ3n) is 1.94. The molecule has 0 atom stereocenters. The molecule has 0 saturated carbocycles. The Hall–Kier alpha value is -1.75. The van der Waals surface area contributed by atoms with Gasteiger partial charge in [-0.25, -0.2) is 4.79 Å². The van der Waals surface area contributed by atoms with Crippen LogP contribution < -0.4 is 4.74 Å². The molecule has 1 aromatic carbocycles. The highest BCUT2D eigenvalue weighted by Crippen LogP contribution is 2.34. The van der Waals surface area contributed by atoms with Gasteiger partial charge >= 0.3 is 12.3 Å². The normalized spacial score (nSPS) is 10.7. The summed E-state index contributed by atoms with van der Waals surface area (Å²) in [6.07, 6.45) is -4.89. The van der Waals surface area contributed by atoms with Gasteiger partial charge < -0.3 is 9.47 Å². The van der Waals surface area contributed by atoms with Gasteiger partial charge in [-0.2, -0.15) is 5.26 Å². The van der Waals surface area contributed by atoms with E-state index in [0.29, 0.717) is 0 Å². The summed E-state index contributed by atoms with van der Waals surface area (Å²) in [5, 5.41) is 8.91. The van der Waals surface area contributed by atoms with Crippen LogP contribution in [0.2, 0.25) is 0 Å². The molecule has 0 radical (unpaired) electrons. The first-order valence-electron chi connectivity index (χ1n) is 4.95. The number of nitriles is 1. The fourth-order valence-electron chi connectivity index (χ4n) is 1.25. The minimum absolute atomic E-state index is 0.0854. The molecule has 1 rings (SSSR count). The Morgan fingerprint density at radius 1 is 1.47 bits per heavy atom. The second-order valence-corrected chi connectivity index (χ2v) is 3.97. The van der Waals surface area contributed by atoms with Crippen LogP contribution in [0.15, 0.2) is 16.6 Å². The highest BCUT2D eigenvalue weighted by molar-refractivity contribution is 9.10. The van der Waals surface area contributed by atoms with E-state index in [-0.39, 0.29) is 22.2 Å². The molecule has 0 amide bonds. The fraction of sp³-hybridized carbons (Fsp3) is 0.273. The van der Waals surface area contributed by atoms with Crippen LogP contribution >= 0.6 is 15.9 Å². The number of carbonyl (C=O) groups excluding carboxylic acids is 1. The van der Waals surface area contributed by atoms with E-state index in [9.17, 15) is 18.0 Å². The zero-order valence-corrected chi connectivity index (χ0v) is 11.1. The van der Waals surface area contributed by atoms with Gasteiger partial charge in [0.2, 0.25) is 0 Å². The van der Waals surface area contributed by atoms with E-state index < -0.39 is 18.1 Å². The summed E-state index contributed by atoms with van der Waals surface area (Å²) in [5.41, 5.74) is -0.411. The van der Waals surface area contributed by atoms with Crippen molar-refractivity contribution >= 4 is 21.9 Å². The molecule has 0 aliphatic rings. The van der Waals surface area contributed by atoms with Gasteiger partial charge in [0, 0.05) is 0 Å². The van der Waals surface area contributed by atoms with E-state index >= 15 is 0 Å². The summed E-state index contributed by atoms with van der Waals surface area (Å²) in [7, 11) is 0. The Morgan fingerprint density at radius 3 is 2.58 bits per heavy atom. The minimum atomic E-state index is -4.89. The first-order valence-corrected chi connectivity index (χ1v) is 5.75. The van der Waals surface area contributed by atoms with Gasteiger partial charge in [0.15, 0.2) is 0 Å². The molecule has 0 aliphatic carbocycles. The van der Waals surface area contributed by atoms with Crippen LogP contribution in [0.25, 0.3) is 0 Å². The van der Waals surface area contributed by atoms with E-state index in [1.807, 2.05) is 0 Å². The lowest BCUT2D eigenvalue weighted by atomic mass is 10.1. The first kappa shape index (κ1) is 15.3. The summed E-state index contributed by atoms with van der Waals surface area (Å²) in [6, 6.07) is 3.61. The van der Waals surface area contributed by atoms with Gasteiger partial charge in [-0.1, -0.05) is 0 Å². The maximum absolute atomic E-state index is 12.1. The second-order valence-electron chi connectivity index (χ2n) is 3.18. The number of halogens is 4. The molecular weight excluding hydrogens is 331 g/mol. The molecular formula is C11H7BrF3NO3. The van der Waals surface area contributed by atoms with Gasteiger partial charge in [0.25, 0.3) is 0 Å². The quantitative estimate of drug-likeness (QED) is 0.793. The predicted molar refractivity (Wildman–Crippen MR) is 61.5 cm³/mol. The van der Waals surface area contributed by atoms with E-state index in [4.69, 9.17) is 10.00 Å². The fourth-order valence-corrected chi connectivity index (χ4v) is 1.76. The number of hydrogen-bond donors (Lipinski definition) is 0. The average Bonchev–Trinajstić information content (AvgIpc) is 2.30. The molecule has 0 N–H and O–H groups in total. The van der Waals surface area contributed by atoms with Crippen molar-refractivity contribution in [3.63, 3.8) is 0 Å².